The molecule has 0 aliphatic heterocycles. The first kappa shape index (κ1) is 12.4. The Morgan fingerprint density at radius 3 is 2.54 bits per heavy atom. The summed E-state index contributed by atoms with van der Waals surface area (Å²) in [7, 11) is 1.84. The number of hydrogen-bond donors (Lipinski definition) is 1. The number of carbonyl (C=O) groups is 1. The summed E-state index contributed by atoms with van der Waals surface area (Å²) in [5, 5.41) is 3.08. The Kier molecular flexibility index (Phi) is 5.63. The van der Waals surface area contributed by atoms with Crippen LogP contribution in [0.4, 0.5) is 0 Å². The van der Waals surface area contributed by atoms with Crippen LogP contribution in [0.3, 0.4) is 0 Å². The van der Waals surface area contributed by atoms with Crippen molar-refractivity contribution in [3.63, 3.8) is 0 Å². The van der Waals surface area contributed by atoms with Gasteiger partial charge in [-0.2, -0.15) is 0 Å². The van der Waals surface area contributed by atoms with Crippen molar-refractivity contribution in [1.29, 1.82) is 0 Å². The summed E-state index contributed by atoms with van der Waals surface area (Å²) in [5.41, 5.74) is -0.332. The number of carbonyl (C=O) groups excluding carboxylic acids is 1. The fourth-order valence-corrected chi connectivity index (χ4v) is 1.22. The normalized spacial score (nSPS) is 16.0. The van der Waals surface area contributed by atoms with Crippen LogP contribution in [0.2, 0.25) is 0 Å². The third kappa shape index (κ3) is 4.23. The number of unbranched alkanes of at least 4 members (excludes halogenated alkanes) is 1. The highest BCUT2D eigenvalue weighted by Crippen LogP contribution is 2.14. The van der Waals surface area contributed by atoms with E-state index in [0.29, 0.717) is 0 Å². The highest BCUT2D eigenvalue weighted by Gasteiger charge is 2.26. The van der Waals surface area contributed by atoms with Gasteiger partial charge in [-0.15, -0.1) is 0 Å². The summed E-state index contributed by atoms with van der Waals surface area (Å²) in [4.78, 5) is 11.3. The lowest BCUT2D eigenvalue weighted by molar-refractivity contribution is -0.122. The van der Waals surface area contributed by atoms with Gasteiger partial charge in [0.2, 0.25) is 0 Å². The van der Waals surface area contributed by atoms with Gasteiger partial charge >= 0.3 is 0 Å². The molecule has 1 atom stereocenters. The smallest absolute Gasteiger partial charge is 0.149 e. The zero-order chi connectivity index (χ0) is 10.3. The van der Waals surface area contributed by atoms with Crippen LogP contribution in [-0.2, 0) is 4.79 Å². The molecule has 0 saturated carbocycles. The standard InChI is InChI=1S/C11H21NO/c1-5-6-7-8-9-11(3,12-4)10(2)13/h5-6,12H,7-9H2,1-4H3/t11-/m0/s1. The number of likely N-dealkylation sites (N-methyl/N-ethyl adjacent to an activating group) is 1. The molecule has 0 heterocycles. The minimum absolute atomic E-state index is 0.218. The Bertz CT molecular complexity index is 187. The fraction of sp³-hybridized carbons (Fsp3) is 0.727. The molecule has 0 amide bonds. The van der Waals surface area contributed by atoms with Crippen molar-refractivity contribution in [2.24, 2.45) is 0 Å². The maximum atomic E-state index is 11.3. The Morgan fingerprint density at radius 2 is 2.15 bits per heavy atom. The van der Waals surface area contributed by atoms with Gasteiger partial charge < -0.3 is 5.32 Å². The van der Waals surface area contributed by atoms with Crippen molar-refractivity contribution in [2.75, 3.05) is 7.05 Å². The topological polar surface area (TPSA) is 29.1 Å². The van der Waals surface area contributed by atoms with Crippen molar-refractivity contribution in [3.05, 3.63) is 12.2 Å². The molecule has 0 radical (unpaired) electrons. The molecule has 0 aromatic heterocycles. The van der Waals surface area contributed by atoms with Crippen LogP contribution in [-0.4, -0.2) is 18.4 Å². The van der Waals surface area contributed by atoms with Gasteiger partial charge in [0.1, 0.15) is 5.78 Å². The second-order valence-electron chi connectivity index (χ2n) is 3.60. The molecule has 0 rings (SSSR count). The largest absolute Gasteiger partial charge is 0.308 e. The molecular formula is C11H21NO. The minimum Gasteiger partial charge on any atom is -0.308 e. The predicted octanol–water partition coefficient (Wildman–Crippen LogP) is 2.30. The first-order valence-corrected chi connectivity index (χ1v) is 4.88. The van der Waals surface area contributed by atoms with Crippen molar-refractivity contribution in [2.45, 2.75) is 45.6 Å². The SMILES string of the molecule is CC=CCCC[C@](C)(NC)C(C)=O. The molecule has 0 fully saturated rings. The van der Waals surface area contributed by atoms with E-state index in [1.54, 1.807) is 6.92 Å². The maximum Gasteiger partial charge on any atom is 0.149 e. The molecule has 0 bridgehead atoms. The Hall–Kier alpha value is -0.630. The van der Waals surface area contributed by atoms with Crippen molar-refractivity contribution in [3.8, 4) is 0 Å². The van der Waals surface area contributed by atoms with Gasteiger partial charge in [-0.3, -0.25) is 4.79 Å². The number of Topliss-reactive ketones (excluding diaryl/α,β-unsaturated/α-hetero) is 1. The lowest BCUT2D eigenvalue weighted by atomic mass is 9.91. The molecule has 1 N–H and O–H groups in total. The summed E-state index contributed by atoms with van der Waals surface area (Å²) in [6, 6.07) is 0. The Labute approximate surface area is 81.4 Å². The van der Waals surface area contributed by atoms with Crippen molar-refractivity contribution >= 4 is 5.78 Å². The number of hydrogen-bond acceptors (Lipinski definition) is 2. The molecule has 0 aromatic rings. The first-order chi connectivity index (χ1) is 6.06. The van der Waals surface area contributed by atoms with Gasteiger partial charge in [-0.1, -0.05) is 12.2 Å². The van der Waals surface area contributed by atoms with E-state index in [1.807, 2.05) is 27.0 Å². The Balaban J connectivity index is 3.91. The molecular weight excluding hydrogens is 162 g/mol. The Morgan fingerprint density at radius 1 is 1.54 bits per heavy atom. The van der Waals surface area contributed by atoms with Gasteiger partial charge in [0.15, 0.2) is 0 Å². The molecule has 0 aliphatic rings. The predicted molar refractivity (Wildman–Crippen MR) is 56.8 cm³/mol. The van der Waals surface area contributed by atoms with Crippen LogP contribution in [0, 0.1) is 0 Å². The van der Waals surface area contributed by atoms with Crippen LogP contribution < -0.4 is 5.32 Å². The van der Waals surface area contributed by atoms with E-state index in [4.69, 9.17) is 0 Å². The van der Waals surface area contributed by atoms with Crippen LogP contribution in [0.5, 0.6) is 0 Å². The zero-order valence-electron chi connectivity index (χ0n) is 9.18. The highest BCUT2D eigenvalue weighted by molar-refractivity contribution is 5.85. The van der Waals surface area contributed by atoms with E-state index in [2.05, 4.69) is 11.4 Å². The van der Waals surface area contributed by atoms with E-state index in [-0.39, 0.29) is 11.3 Å². The number of rotatable bonds is 6. The summed E-state index contributed by atoms with van der Waals surface area (Å²) in [6.07, 6.45) is 7.20. The maximum absolute atomic E-state index is 11.3. The summed E-state index contributed by atoms with van der Waals surface area (Å²) >= 11 is 0. The molecule has 76 valence electrons. The van der Waals surface area contributed by atoms with E-state index >= 15 is 0 Å². The minimum atomic E-state index is -0.332. The van der Waals surface area contributed by atoms with E-state index in [1.165, 1.54) is 0 Å². The molecule has 0 aromatic carbocycles. The third-order valence-electron chi connectivity index (χ3n) is 2.61. The quantitative estimate of drug-likeness (QED) is 0.505. The number of allylic oxidation sites excluding steroid dienone is 2. The van der Waals surface area contributed by atoms with Crippen LogP contribution in [0.25, 0.3) is 0 Å². The summed E-state index contributed by atoms with van der Waals surface area (Å²) in [6.45, 7) is 5.62. The lowest BCUT2D eigenvalue weighted by Crippen LogP contribution is -2.46. The molecule has 2 heteroatoms. The average Bonchev–Trinajstić information content (AvgIpc) is 2.12. The van der Waals surface area contributed by atoms with E-state index in [9.17, 15) is 4.79 Å². The number of ketones is 1. The van der Waals surface area contributed by atoms with Crippen LogP contribution >= 0.6 is 0 Å². The van der Waals surface area contributed by atoms with Crippen molar-refractivity contribution in [1.82, 2.24) is 5.32 Å². The van der Waals surface area contributed by atoms with E-state index in [0.717, 1.165) is 19.3 Å². The zero-order valence-corrected chi connectivity index (χ0v) is 9.18. The van der Waals surface area contributed by atoms with Crippen LogP contribution in [0.1, 0.15) is 40.0 Å². The second kappa shape index (κ2) is 5.92. The van der Waals surface area contributed by atoms with Crippen LogP contribution in [0.15, 0.2) is 12.2 Å². The lowest BCUT2D eigenvalue weighted by Gasteiger charge is -2.25. The highest BCUT2D eigenvalue weighted by atomic mass is 16.1. The monoisotopic (exact) mass is 183 g/mol. The first-order valence-electron chi connectivity index (χ1n) is 4.88. The van der Waals surface area contributed by atoms with Crippen molar-refractivity contribution < 1.29 is 4.79 Å². The second-order valence-corrected chi connectivity index (χ2v) is 3.60. The molecule has 13 heavy (non-hydrogen) atoms. The molecule has 0 saturated heterocycles. The molecule has 0 unspecified atom stereocenters. The van der Waals surface area contributed by atoms with E-state index < -0.39 is 0 Å². The van der Waals surface area contributed by atoms with Gasteiger partial charge in [0, 0.05) is 0 Å². The van der Waals surface area contributed by atoms with Gasteiger partial charge in [-0.05, 0) is 47.1 Å². The number of nitrogens with one attached hydrogen (secondary N) is 1. The third-order valence-corrected chi connectivity index (χ3v) is 2.61. The summed E-state index contributed by atoms with van der Waals surface area (Å²) in [5.74, 6) is 0.218. The summed E-state index contributed by atoms with van der Waals surface area (Å²) < 4.78 is 0. The van der Waals surface area contributed by atoms with Gasteiger partial charge in [0.25, 0.3) is 0 Å². The fourth-order valence-electron chi connectivity index (χ4n) is 1.22. The van der Waals surface area contributed by atoms with Gasteiger partial charge in [0.05, 0.1) is 5.54 Å². The average molecular weight is 183 g/mol. The molecule has 0 spiro atoms. The molecule has 0 aliphatic carbocycles. The van der Waals surface area contributed by atoms with Gasteiger partial charge in [-0.25, -0.2) is 0 Å². The molecule has 2 nitrogen and oxygen atoms in total.